The summed E-state index contributed by atoms with van der Waals surface area (Å²) in [6, 6.07) is 11.0. The Morgan fingerprint density at radius 3 is 2.62 bits per heavy atom. The molecule has 1 aromatic rings. The SMILES string of the molecule is NCC1CCCC1C1CC1c1ccccc1. The van der Waals surface area contributed by atoms with Crippen LogP contribution in [0.25, 0.3) is 0 Å². The van der Waals surface area contributed by atoms with E-state index in [2.05, 4.69) is 30.3 Å². The summed E-state index contributed by atoms with van der Waals surface area (Å²) in [5.74, 6) is 3.53. The Kier molecular flexibility index (Phi) is 2.72. The van der Waals surface area contributed by atoms with Gasteiger partial charge in [-0.1, -0.05) is 36.8 Å². The summed E-state index contributed by atoms with van der Waals surface area (Å²) in [6.07, 6.45) is 5.62. The smallest absolute Gasteiger partial charge is 0.00461 e. The van der Waals surface area contributed by atoms with E-state index in [4.69, 9.17) is 5.73 Å². The molecule has 0 bridgehead atoms. The molecule has 2 N–H and O–H groups in total. The Morgan fingerprint density at radius 2 is 1.88 bits per heavy atom. The van der Waals surface area contributed by atoms with Crippen LogP contribution >= 0.6 is 0 Å². The third-order valence-corrected chi connectivity index (χ3v) is 4.64. The first-order chi connectivity index (χ1) is 7.90. The molecular formula is C15H21N. The minimum absolute atomic E-state index is 0.818. The Morgan fingerprint density at radius 1 is 1.06 bits per heavy atom. The molecule has 1 heteroatoms. The van der Waals surface area contributed by atoms with Crippen LogP contribution in [-0.2, 0) is 0 Å². The molecule has 2 aliphatic rings. The van der Waals surface area contributed by atoms with Crippen molar-refractivity contribution in [2.45, 2.75) is 31.6 Å². The van der Waals surface area contributed by atoms with Crippen molar-refractivity contribution >= 4 is 0 Å². The second kappa shape index (κ2) is 4.21. The highest BCUT2D eigenvalue weighted by Gasteiger charge is 2.47. The predicted octanol–water partition coefficient (Wildman–Crippen LogP) is 3.17. The summed E-state index contributed by atoms with van der Waals surface area (Å²) >= 11 is 0. The van der Waals surface area contributed by atoms with Gasteiger partial charge in [0.05, 0.1) is 0 Å². The van der Waals surface area contributed by atoms with E-state index in [9.17, 15) is 0 Å². The second-order valence-electron chi connectivity index (χ2n) is 5.51. The lowest BCUT2D eigenvalue weighted by molar-refractivity contribution is 0.348. The van der Waals surface area contributed by atoms with Crippen LogP contribution in [0.4, 0.5) is 0 Å². The zero-order valence-electron chi connectivity index (χ0n) is 9.81. The zero-order chi connectivity index (χ0) is 11.0. The lowest BCUT2D eigenvalue weighted by atomic mass is 9.89. The van der Waals surface area contributed by atoms with Gasteiger partial charge in [-0.15, -0.1) is 0 Å². The molecule has 0 amide bonds. The minimum atomic E-state index is 0.818. The summed E-state index contributed by atoms with van der Waals surface area (Å²) in [5.41, 5.74) is 7.42. The van der Waals surface area contributed by atoms with Crippen LogP contribution in [0.2, 0.25) is 0 Å². The fourth-order valence-electron chi connectivity index (χ4n) is 3.69. The first-order valence-electron chi connectivity index (χ1n) is 6.65. The van der Waals surface area contributed by atoms with Gasteiger partial charge in [-0.25, -0.2) is 0 Å². The Bertz CT molecular complexity index is 346. The fraction of sp³-hybridized carbons (Fsp3) is 0.600. The molecule has 2 fully saturated rings. The molecule has 4 unspecified atom stereocenters. The van der Waals surface area contributed by atoms with Crippen molar-refractivity contribution in [2.75, 3.05) is 6.54 Å². The average molecular weight is 215 g/mol. The van der Waals surface area contributed by atoms with Crippen LogP contribution in [0.15, 0.2) is 30.3 Å². The van der Waals surface area contributed by atoms with Gasteiger partial charge in [0.1, 0.15) is 0 Å². The largest absolute Gasteiger partial charge is 0.330 e. The molecule has 86 valence electrons. The van der Waals surface area contributed by atoms with Gasteiger partial charge in [0, 0.05) is 0 Å². The van der Waals surface area contributed by atoms with Crippen LogP contribution in [0.5, 0.6) is 0 Å². The standard InChI is InChI=1S/C15H21N/c16-10-12-7-4-8-13(12)15-9-14(15)11-5-2-1-3-6-11/h1-3,5-6,12-15H,4,7-10,16H2. The number of rotatable bonds is 3. The van der Waals surface area contributed by atoms with E-state index in [1.165, 1.54) is 25.7 Å². The molecule has 16 heavy (non-hydrogen) atoms. The maximum absolute atomic E-state index is 5.87. The lowest BCUT2D eigenvalue weighted by Crippen LogP contribution is -2.20. The van der Waals surface area contributed by atoms with E-state index < -0.39 is 0 Å². The van der Waals surface area contributed by atoms with Gasteiger partial charge in [0.15, 0.2) is 0 Å². The molecule has 2 saturated carbocycles. The Hall–Kier alpha value is -0.820. The third-order valence-electron chi connectivity index (χ3n) is 4.64. The molecule has 1 aromatic carbocycles. The molecule has 0 saturated heterocycles. The van der Waals surface area contributed by atoms with Crippen molar-refractivity contribution in [3.05, 3.63) is 35.9 Å². The van der Waals surface area contributed by atoms with Crippen LogP contribution in [0.1, 0.15) is 37.2 Å². The summed E-state index contributed by atoms with van der Waals surface area (Å²) in [7, 11) is 0. The van der Waals surface area contributed by atoms with Gasteiger partial charge < -0.3 is 5.73 Å². The second-order valence-corrected chi connectivity index (χ2v) is 5.51. The highest BCUT2D eigenvalue weighted by Crippen LogP contribution is 2.57. The van der Waals surface area contributed by atoms with Gasteiger partial charge >= 0.3 is 0 Å². The molecular weight excluding hydrogens is 194 g/mol. The van der Waals surface area contributed by atoms with Crippen LogP contribution in [0.3, 0.4) is 0 Å². The quantitative estimate of drug-likeness (QED) is 0.823. The molecule has 0 radical (unpaired) electrons. The van der Waals surface area contributed by atoms with Crippen LogP contribution in [-0.4, -0.2) is 6.54 Å². The summed E-state index contributed by atoms with van der Waals surface area (Å²) in [4.78, 5) is 0. The molecule has 1 nitrogen and oxygen atoms in total. The Balaban J connectivity index is 1.68. The predicted molar refractivity (Wildman–Crippen MR) is 67.2 cm³/mol. The molecule has 0 heterocycles. The van der Waals surface area contributed by atoms with E-state index in [0.717, 1.165) is 30.2 Å². The highest BCUT2D eigenvalue weighted by molar-refractivity contribution is 5.26. The third kappa shape index (κ3) is 1.78. The molecule has 0 aromatic heterocycles. The maximum Gasteiger partial charge on any atom is -0.00461 e. The van der Waals surface area contributed by atoms with Crippen molar-refractivity contribution in [1.29, 1.82) is 0 Å². The molecule has 2 aliphatic carbocycles. The topological polar surface area (TPSA) is 26.0 Å². The van der Waals surface area contributed by atoms with Crippen molar-refractivity contribution in [3.63, 3.8) is 0 Å². The monoisotopic (exact) mass is 215 g/mol. The molecule has 0 spiro atoms. The van der Waals surface area contributed by atoms with Crippen LogP contribution < -0.4 is 5.73 Å². The normalized spacial score (nSPS) is 37.6. The fourth-order valence-corrected chi connectivity index (χ4v) is 3.69. The van der Waals surface area contributed by atoms with E-state index in [1.807, 2.05) is 0 Å². The number of benzene rings is 1. The zero-order valence-corrected chi connectivity index (χ0v) is 9.81. The van der Waals surface area contributed by atoms with Gasteiger partial charge in [0.25, 0.3) is 0 Å². The van der Waals surface area contributed by atoms with Gasteiger partial charge in [-0.05, 0) is 55.0 Å². The van der Waals surface area contributed by atoms with Crippen molar-refractivity contribution in [2.24, 2.45) is 23.5 Å². The number of hydrogen-bond donors (Lipinski definition) is 1. The van der Waals surface area contributed by atoms with E-state index in [1.54, 1.807) is 5.56 Å². The maximum atomic E-state index is 5.87. The average Bonchev–Trinajstić information content (AvgIpc) is 3.00. The Labute approximate surface area is 98.0 Å². The van der Waals surface area contributed by atoms with E-state index in [-0.39, 0.29) is 0 Å². The minimum Gasteiger partial charge on any atom is -0.330 e. The van der Waals surface area contributed by atoms with E-state index >= 15 is 0 Å². The van der Waals surface area contributed by atoms with Gasteiger partial charge in [0.2, 0.25) is 0 Å². The molecule has 4 atom stereocenters. The first kappa shape index (κ1) is 10.3. The first-order valence-corrected chi connectivity index (χ1v) is 6.65. The van der Waals surface area contributed by atoms with Crippen molar-refractivity contribution in [1.82, 2.24) is 0 Å². The number of nitrogens with two attached hydrogens (primary N) is 1. The molecule has 0 aliphatic heterocycles. The van der Waals surface area contributed by atoms with Crippen molar-refractivity contribution in [3.8, 4) is 0 Å². The highest BCUT2D eigenvalue weighted by atomic mass is 14.6. The summed E-state index contributed by atoms with van der Waals surface area (Å²) < 4.78 is 0. The van der Waals surface area contributed by atoms with Gasteiger partial charge in [-0.3, -0.25) is 0 Å². The molecule has 3 rings (SSSR count). The van der Waals surface area contributed by atoms with Crippen molar-refractivity contribution < 1.29 is 0 Å². The summed E-state index contributed by atoms with van der Waals surface area (Å²) in [5, 5.41) is 0. The van der Waals surface area contributed by atoms with E-state index in [0.29, 0.717) is 0 Å². The number of hydrogen-bond acceptors (Lipinski definition) is 1. The lowest BCUT2D eigenvalue weighted by Gasteiger charge is -2.17. The van der Waals surface area contributed by atoms with Gasteiger partial charge in [-0.2, -0.15) is 0 Å². The van der Waals surface area contributed by atoms with Crippen LogP contribution in [0, 0.1) is 17.8 Å². The summed E-state index contributed by atoms with van der Waals surface area (Å²) in [6.45, 7) is 0.905.